The average molecular weight is 529 g/mol. The number of thiazole rings is 1. The molecule has 1 aliphatic rings. The van der Waals surface area contributed by atoms with E-state index in [4.69, 9.17) is 9.47 Å². The van der Waals surface area contributed by atoms with Crippen molar-refractivity contribution in [1.29, 1.82) is 0 Å². The molecule has 9 heteroatoms. The second-order valence-electron chi connectivity index (χ2n) is 9.56. The zero-order valence-electron chi connectivity index (χ0n) is 21.9. The third-order valence-corrected chi connectivity index (χ3v) is 7.59. The minimum absolute atomic E-state index is 0.0125. The Morgan fingerprint density at radius 3 is 2.27 bits per heavy atom. The molecule has 0 N–H and O–H groups in total. The van der Waals surface area contributed by atoms with E-state index in [1.807, 2.05) is 35.4 Å². The predicted octanol–water partition coefficient (Wildman–Crippen LogP) is 4.11. The maximum Gasteiger partial charge on any atom is 0.306 e. The van der Waals surface area contributed by atoms with E-state index in [-0.39, 0.29) is 55.1 Å². The molecule has 0 bridgehead atoms. The zero-order valence-corrected chi connectivity index (χ0v) is 22.7. The van der Waals surface area contributed by atoms with Gasteiger partial charge in [-0.05, 0) is 31.4 Å². The Kier molecular flexibility index (Phi) is 11.0. The highest BCUT2D eigenvalue weighted by atomic mass is 32.1. The summed E-state index contributed by atoms with van der Waals surface area (Å²) in [6.07, 6.45) is 4.83. The summed E-state index contributed by atoms with van der Waals surface area (Å²) in [6, 6.07) is 5.78. The molecule has 0 spiro atoms. The van der Waals surface area contributed by atoms with Gasteiger partial charge in [0.2, 0.25) is 0 Å². The van der Waals surface area contributed by atoms with Crippen molar-refractivity contribution >= 4 is 34.8 Å². The van der Waals surface area contributed by atoms with Crippen molar-refractivity contribution in [2.24, 2.45) is 5.92 Å². The predicted molar refractivity (Wildman–Crippen MR) is 141 cm³/mol. The number of hydrogen-bond acceptors (Lipinski definition) is 9. The van der Waals surface area contributed by atoms with E-state index in [1.54, 1.807) is 0 Å². The van der Waals surface area contributed by atoms with Crippen molar-refractivity contribution in [1.82, 2.24) is 9.88 Å². The lowest BCUT2D eigenvalue weighted by atomic mass is 9.90. The van der Waals surface area contributed by atoms with Gasteiger partial charge >= 0.3 is 11.9 Å². The van der Waals surface area contributed by atoms with Gasteiger partial charge in [0.05, 0.1) is 39.2 Å². The second kappa shape index (κ2) is 14.1. The number of Topliss-reactive ketones (excluding diaryl/α,β-unsaturated/α-hetero) is 2. The Morgan fingerprint density at radius 1 is 1.00 bits per heavy atom. The van der Waals surface area contributed by atoms with E-state index in [0.29, 0.717) is 30.2 Å². The SMILES string of the molecule is COC(=O)CCN(CCC(=O)OC)Cc1csc(CC(=O)Cc2ccc(C)cc2C(=O)C2CCCC2)n1. The van der Waals surface area contributed by atoms with Crippen molar-refractivity contribution in [3.8, 4) is 0 Å². The van der Waals surface area contributed by atoms with Crippen LogP contribution in [0.1, 0.15) is 70.7 Å². The minimum Gasteiger partial charge on any atom is -0.469 e. The molecule has 0 atom stereocenters. The van der Waals surface area contributed by atoms with Crippen LogP contribution >= 0.6 is 11.3 Å². The fourth-order valence-electron chi connectivity index (χ4n) is 4.63. The highest BCUT2D eigenvalue weighted by molar-refractivity contribution is 7.09. The van der Waals surface area contributed by atoms with Crippen LogP contribution in [0, 0.1) is 12.8 Å². The molecule has 0 aliphatic heterocycles. The van der Waals surface area contributed by atoms with E-state index < -0.39 is 0 Å². The molecule has 1 aromatic carbocycles. The number of carbonyl (C=O) groups is 4. The number of aryl methyl sites for hydroxylation is 1. The number of aromatic nitrogens is 1. The van der Waals surface area contributed by atoms with Gasteiger partial charge in [-0.3, -0.25) is 24.1 Å². The largest absolute Gasteiger partial charge is 0.469 e. The van der Waals surface area contributed by atoms with Crippen molar-refractivity contribution in [2.75, 3.05) is 27.3 Å². The standard InChI is InChI=1S/C28H36N2O6S/c1-19-8-9-21(24(14-19)28(34)20-6-4-5-7-20)15-23(31)16-25-29-22(18-37-25)17-30(12-10-26(32)35-2)13-11-27(33)36-3/h8-9,14,18,20H,4-7,10-13,15-17H2,1-3H3. The first-order valence-corrected chi connectivity index (χ1v) is 13.6. The molecule has 3 rings (SSSR count). The fourth-order valence-corrected chi connectivity index (χ4v) is 5.44. The molecule has 1 aliphatic carbocycles. The van der Waals surface area contributed by atoms with Crippen LogP contribution in [0.4, 0.5) is 0 Å². The Balaban J connectivity index is 1.61. The van der Waals surface area contributed by atoms with Crippen LogP contribution in [0.15, 0.2) is 23.6 Å². The first kappa shape index (κ1) is 28.7. The van der Waals surface area contributed by atoms with Gasteiger partial charge in [0.25, 0.3) is 0 Å². The van der Waals surface area contributed by atoms with Gasteiger partial charge in [0.15, 0.2) is 5.78 Å². The van der Waals surface area contributed by atoms with E-state index in [1.165, 1.54) is 25.6 Å². The molecule has 1 saturated carbocycles. The van der Waals surface area contributed by atoms with Crippen LogP contribution < -0.4 is 0 Å². The first-order chi connectivity index (χ1) is 17.8. The molecular weight excluding hydrogens is 492 g/mol. The van der Waals surface area contributed by atoms with Gasteiger partial charge < -0.3 is 9.47 Å². The molecule has 37 heavy (non-hydrogen) atoms. The quantitative estimate of drug-likeness (QED) is 0.267. The van der Waals surface area contributed by atoms with E-state index in [0.717, 1.165) is 42.5 Å². The van der Waals surface area contributed by atoms with Gasteiger partial charge in [-0.1, -0.05) is 30.5 Å². The van der Waals surface area contributed by atoms with Crippen LogP contribution in [0.25, 0.3) is 0 Å². The molecule has 8 nitrogen and oxygen atoms in total. The first-order valence-electron chi connectivity index (χ1n) is 12.7. The molecule has 0 unspecified atom stereocenters. The molecular formula is C28H36N2O6S. The lowest BCUT2D eigenvalue weighted by Crippen LogP contribution is -2.29. The number of ether oxygens (including phenoxy) is 2. The number of benzene rings is 1. The molecule has 1 aromatic heterocycles. The monoisotopic (exact) mass is 528 g/mol. The summed E-state index contributed by atoms with van der Waals surface area (Å²) in [5, 5.41) is 2.60. The number of rotatable bonds is 14. The molecule has 1 fully saturated rings. The van der Waals surface area contributed by atoms with Gasteiger partial charge in [-0.15, -0.1) is 11.3 Å². The number of esters is 2. The molecule has 0 saturated heterocycles. The number of hydrogen-bond donors (Lipinski definition) is 0. The van der Waals surface area contributed by atoms with Gasteiger partial charge in [0, 0.05) is 42.9 Å². The number of ketones is 2. The molecule has 0 radical (unpaired) electrons. The minimum atomic E-state index is -0.325. The Hall–Kier alpha value is -2.91. The Bertz CT molecular complexity index is 1090. The Labute approximate surface area is 222 Å². The molecule has 0 amide bonds. The summed E-state index contributed by atoms with van der Waals surface area (Å²) in [5.41, 5.74) is 3.27. The zero-order chi connectivity index (χ0) is 26.8. The van der Waals surface area contributed by atoms with Crippen molar-refractivity contribution in [3.63, 3.8) is 0 Å². The summed E-state index contributed by atoms with van der Waals surface area (Å²) < 4.78 is 9.45. The second-order valence-corrected chi connectivity index (χ2v) is 10.5. The van der Waals surface area contributed by atoms with Gasteiger partial charge in [-0.25, -0.2) is 4.98 Å². The van der Waals surface area contributed by atoms with Crippen LogP contribution in [-0.2, 0) is 43.2 Å². The van der Waals surface area contributed by atoms with E-state index in [2.05, 4.69) is 4.98 Å². The van der Waals surface area contributed by atoms with E-state index >= 15 is 0 Å². The van der Waals surface area contributed by atoms with E-state index in [9.17, 15) is 19.2 Å². The number of nitrogens with zero attached hydrogens (tertiary/aromatic N) is 2. The van der Waals surface area contributed by atoms with Crippen molar-refractivity contribution in [2.45, 2.75) is 64.8 Å². The maximum atomic E-state index is 13.1. The highest BCUT2D eigenvalue weighted by Crippen LogP contribution is 2.30. The van der Waals surface area contributed by atoms with Crippen LogP contribution in [-0.4, -0.2) is 60.7 Å². The topological polar surface area (TPSA) is 103 Å². The van der Waals surface area contributed by atoms with Crippen molar-refractivity contribution < 1.29 is 28.7 Å². The van der Waals surface area contributed by atoms with Gasteiger partial charge in [0.1, 0.15) is 10.8 Å². The average Bonchev–Trinajstić information content (AvgIpc) is 3.58. The van der Waals surface area contributed by atoms with Gasteiger partial charge in [-0.2, -0.15) is 0 Å². The smallest absolute Gasteiger partial charge is 0.306 e. The lowest BCUT2D eigenvalue weighted by Gasteiger charge is -2.20. The van der Waals surface area contributed by atoms with Crippen LogP contribution in [0.5, 0.6) is 0 Å². The summed E-state index contributed by atoms with van der Waals surface area (Å²) in [6.45, 7) is 3.24. The molecule has 2 aromatic rings. The van der Waals surface area contributed by atoms with Crippen LogP contribution in [0.3, 0.4) is 0 Å². The third kappa shape index (κ3) is 8.86. The lowest BCUT2D eigenvalue weighted by molar-refractivity contribution is -0.141. The summed E-state index contributed by atoms with van der Waals surface area (Å²) in [5.74, 6) is -0.402. The summed E-state index contributed by atoms with van der Waals surface area (Å²) >= 11 is 1.41. The highest BCUT2D eigenvalue weighted by Gasteiger charge is 2.26. The molecule has 1 heterocycles. The maximum absolute atomic E-state index is 13.1. The number of carbonyl (C=O) groups excluding carboxylic acids is 4. The van der Waals surface area contributed by atoms with Crippen LogP contribution in [0.2, 0.25) is 0 Å². The molecule has 200 valence electrons. The normalized spacial score (nSPS) is 13.6. The fraction of sp³-hybridized carbons (Fsp3) is 0.536. The van der Waals surface area contributed by atoms with Crippen molar-refractivity contribution in [3.05, 3.63) is 51.0 Å². The Morgan fingerprint density at radius 2 is 1.65 bits per heavy atom. The third-order valence-electron chi connectivity index (χ3n) is 6.70. The summed E-state index contributed by atoms with van der Waals surface area (Å²) in [7, 11) is 2.68. The summed E-state index contributed by atoms with van der Waals surface area (Å²) in [4.78, 5) is 55.8. The number of methoxy groups -OCH3 is 2.